The standard InChI is InChI=1S/C15H17N3O3/c16-12(6-7-13(19)20)15(21)18-9-11-4-1-3-10-5-2-8-17-14(10)11/h1-5,8,12H,6-7,9,16H2,(H,18,21)(H,19,20). The van der Waals surface area contributed by atoms with Crippen LogP contribution in [0.5, 0.6) is 0 Å². The molecule has 0 aliphatic rings. The van der Waals surface area contributed by atoms with Gasteiger partial charge in [-0.25, -0.2) is 0 Å². The van der Waals surface area contributed by atoms with Gasteiger partial charge < -0.3 is 16.2 Å². The summed E-state index contributed by atoms with van der Waals surface area (Å²) in [4.78, 5) is 26.6. The third kappa shape index (κ3) is 4.00. The number of amides is 1. The molecule has 0 spiro atoms. The number of carboxylic acids is 1. The lowest BCUT2D eigenvalue weighted by molar-refractivity contribution is -0.137. The van der Waals surface area contributed by atoms with Crippen molar-refractivity contribution < 1.29 is 14.7 Å². The van der Waals surface area contributed by atoms with E-state index in [1.807, 2.05) is 30.3 Å². The highest BCUT2D eigenvalue weighted by Gasteiger charge is 2.14. The number of pyridine rings is 1. The van der Waals surface area contributed by atoms with E-state index >= 15 is 0 Å². The molecule has 0 aliphatic carbocycles. The number of nitrogens with two attached hydrogens (primary N) is 1. The number of benzene rings is 1. The first-order valence-electron chi connectivity index (χ1n) is 6.65. The molecule has 0 fully saturated rings. The fraction of sp³-hybridized carbons (Fsp3) is 0.267. The maximum atomic E-state index is 11.8. The molecule has 21 heavy (non-hydrogen) atoms. The van der Waals surface area contributed by atoms with Gasteiger partial charge in [0, 0.05) is 24.5 Å². The molecule has 0 saturated heterocycles. The average Bonchev–Trinajstić information content (AvgIpc) is 2.50. The topological polar surface area (TPSA) is 105 Å². The summed E-state index contributed by atoms with van der Waals surface area (Å²) >= 11 is 0. The van der Waals surface area contributed by atoms with E-state index < -0.39 is 12.0 Å². The number of carbonyl (C=O) groups is 2. The number of hydrogen-bond acceptors (Lipinski definition) is 4. The van der Waals surface area contributed by atoms with E-state index in [2.05, 4.69) is 10.3 Å². The molecule has 0 radical (unpaired) electrons. The first-order valence-corrected chi connectivity index (χ1v) is 6.65. The molecule has 0 bridgehead atoms. The quantitative estimate of drug-likeness (QED) is 0.736. The van der Waals surface area contributed by atoms with Gasteiger partial charge in [-0.05, 0) is 18.1 Å². The molecule has 1 aromatic heterocycles. The fourth-order valence-electron chi connectivity index (χ4n) is 2.03. The van der Waals surface area contributed by atoms with Crippen molar-refractivity contribution in [1.29, 1.82) is 0 Å². The van der Waals surface area contributed by atoms with Crippen LogP contribution < -0.4 is 11.1 Å². The normalized spacial score (nSPS) is 12.0. The Kier molecular flexibility index (Phi) is 4.84. The van der Waals surface area contributed by atoms with Gasteiger partial charge in [0.1, 0.15) is 0 Å². The number of nitrogens with one attached hydrogen (secondary N) is 1. The van der Waals surface area contributed by atoms with Crippen molar-refractivity contribution in [3.05, 3.63) is 42.1 Å². The molecule has 2 rings (SSSR count). The smallest absolute Gasteiger partial charge is 0.303 e. The summed E-state index contributed by atoms with van der Waals surface area (Å²) in [5.74, 6) is -1.32. The Morgan fingerprint density at radius 2 is 2.05 bits per heavy atom. The van der Waals surface area contributed by atoms with Crippen molar-refractivity contribution in [3.8, 4) is 0 Å². The molecular formula is C15H17N3O3. The summed E-state index contributed by atoms with van der Waals surface area (Å²) in [6.07, 6.45) is 1.70. The molecule has 1 amide bonds. The maximum Gasteiger partial charge on any atom is 0.303 e. The van der Waals surface area contributed by atoms with Crippen LogP contribution in [0.25, 0.3) is 10.9 Å². The summed E-state index contributed by atoms with van der Waals surface area (Å²) in [5.41, 5.74) is 7.38. The Morgan fingerprint density at radius 3 is 2.81 bits per heavy atom. The molecule has 1 atom stereocenters. The van der Waals surface area contributed by atoms with Crippen molar-refractivity contribution in [3.63, 3.8) is 0 Å². The highest BCUT2D eigenvalue weighted by molar-refractivity contribution is 5.84. The SMILES string of the molecule is NC(CCC(=O)O)C(=O)NCc1cccc2cccnc12. The third-order valence-corrected chi connectivity index (χ3v) is 3.18. The number of carbonyl (C=O) groups excluding carboxylic acids is 1. The van der Waals surface area contributed by atoms with Gasteiger partial charge in [0.25, 0.3) is 0 Å². The Hall–Kier alpha value is -2.47. The number of aliphatic carboxylic acids is 1. The minimum Gasteiger partial charge on any atom is -0.481 e. The summed E-state index contributed by atoms with van der Waals surface area (Å²) in [7, 11) is 0. The van der Waals surface area contributed by atoms with Crippen LogP contribution in [0.15, 0.2) is 36.5 Å². The summed E-state index contributed by atoms with van der Waals surface area (Å²) in [6.45, 7) is 0.313. The van der Waals surface area contributed by atoms with E-state index in [9.17, 15) is 9.59 Å². The highest BCUT2D eigenvalue weighted by Crippen LogP contribution is 2.15. The second kappa shape index (κ2) is 6.81. The number of hydrogen-bond donors (Lipinski definition) is 3. The van der Waals surface area contributed by atoms with E-state index in [0.717, 1.165) is 16.5 Å². The largest absolute Gasteiger partial charge is 0.481 e. The fourth-order valence-corrected chi connectivity index (χ4v) is 2.03. The zero-order chi connectivity index (χ0) is 15.2. The molecule has 6 heteroatoms. The van der Waals surface area contributed by atoms with Gasteiger partial charge in [0.2, 0.25) is 5.91 Å². The van der Waals surface area contributed by atoms with Crippen molar-refractivity contribution in [2.75, 3.05) is 0 Å². The number of rotatable bonds is 6. The van der Waals surface area contributed by atoms with Crippen LogP contribution in [0.2, 0.25) is 0 Å². The molecule has 0 aliphatic heterocycles. The summed E-state index contributed by atoms with van der Waals surface area (Å²) in [6, 6.07) is 8.73. The van der Waals surface area contributed by atoms with Crippen molar-refractivity contribution >= 4 is 22.8 Å². The molecule has 4 N–H and O–H groups in total. The maximum absolute atomic E-state index is 11.8. The Bertz CT molecular complexity index is 652. The highest BCUT2D eigenvalue weighted by atomic mass is 16.4. The molecule has 6 nitrogen and oxygen atoms in total. The zero-order valence-electron chi connectivity index (χ0n) is 11.5. The number of aromatic nitrogens is 1. The lowest BCUT2D eigenvalue weighted by Crippen LogP contribution is -2.40. The monoisotopic (exact) mass is 287 g/mol. The second-order valence-electron chi connectivity index (χ2n) is 4.75. The molecular weight excluding hydrogens is 270 g/mol. The van der Waals surface area contributed by atoms with Crippen LogP contribution in [-0.2, 0) is 16.1 Å². The molecule has 2 aromatic rings. The van der Waals surface area contributed by atoms with Crippen molar-refractivity contribution in [1.82, 2.24) is 10.3 Å². The molecule has 1 unspecified atom stereocenters. The van der Waals surface area contributed by atoms with Gasteiger partial charge in [-0.3, -0.25) is 14.6 Å². The Balaban J connectivity index is 1.98. The third-order valence-electron chi connectivity index (χ3n) is 3.18. The number of para-hydroxylation sites is 1. The minimum atomic E-state index is -0.962. The van der Waals surface area contributed by atoms with E-state index in [-0.39, 0.29) is 18.7 Å². The van der Waals surface area contributed by atoms with Crippen LogP contribution in [0.4, 0.5) is 0 Å². The summed E-state index contributed by atoms with van der Waals surface area (Å²) < 4.78 is 0. The lowest BCUT2D eigenvalue weighted by Gasteiger charge is -2.12. The van der Waals surface area contributed by atoms with Gasteiger partial charge in [0.15, 0.2) is 0 Å². The van der Waals surface area contributed by atoms with Crippen LogP contribution in [0, 0.1) is 0 Å². The molecule has 1 heterocycles. The molecule has 1 aromatic carbocycles. The van der Waals surface area contributed by atoms with E-state index in [1.165, 1.54) is 0 Å². The van der Waals surface area contributed by atoms with Gasteiger partial charge in [-0.1, -0.05) is 24.3 Å². The van der Waals surface area contributed by atoms with Gasteiger partial charge >= 0.3 is 5.97 Å². The van der Waals surface area contributed by atoms with E-state index in [4.69, 9.17) is 10.8 Å². The molecule has 110 valence electrons. The first kappa shape index (κ1) is 14.9. The first-order chi connectivity index (χ1) is 10.1. The Morgan fingerprint density at radius 1 is 1.29 bits per heavy atom. The second-order valence-corrected chi connectivity index (χ2v) is 4.75. The number of carboxylic acid groups (broad SMARTS) is 1. The van der Waals surface area contributed by atoms with Crippen molar-refractivity contribution in [2.24, 2.45) is 5.73 Å². The van der Waals surface area contributed by atoms with Gasteiger partial charge in [-0.15, -0.1) is 0 Å². The lowest BCUT2D eigenvalue weighted by atomic mass is 10.1. The van der Waals surface area contributed by atoms with Crippen LogP contribution in [0.3, 0.4) is 0 Å². The number of nitrogens with zero attached hydrogens (tertiary/aromatic N) is 1. The van der Waals surface area contributed by atoms with Crippen LogP contribution in [-0.4, -0.2) is 28.0 Å². The van der Waals surface area contributed by atoms with Gasteiger partial charge in [-0.2, -0.15) is 0 Å². The number of fused-ring (bicyclic) bond motifs is 1. The van der Waals surface area contributed by atoms with Crippen LogP contribution in [0.1, 0.15) is 18.4 Å². The molecule has 0 saturated carbocycles. The minimum absolute atomic E-state index is 0.120. The van der Waals surface area contributed by atoms with Crippen LogP contribution >= 0.6 is 0 Å². The predicted octanol–water partition coefficient (Wildman–Crippen LogP) is 1.04. The van der Waals surface area contributed by atoms with E-state index in [1.54, 1.807) is 6.20 Å². The predicted molar refractivity (Wildman–Crippen MR) is 78.4 cm³/mol. The zero-order valence-corrected chi connectivity index (χ0v) is 11.5. The summed E-state index contributed by atoms with van der Waals surface area (Å²) in [5, 5.41) is 12.3. The average molecular weight is 287 g/mol. The van der Waals surface area contributed by atoms with Crippen molar-refractivity contribution in [2.45, 2.75) is 25.4 Å². The van der Waals surface area contributed by atoms with Gasteiger partial charge in [0.05, 0.1) is 11.6 Å². The van der Waals surface area contributed by atoms with E-state index in [0.29, 0.717) is 6.54 Å². The Labute approximate surface area is 122 Å².